The van der Waals surface area contributed by atoms with Gasteiger partial charge in [0.25, 0.3) is 0 Å². The van der Waals surface area contributed by atoms with Crippen LogP contribution in [-0.2, 0) is 19.8 Å². The lowest BCUT2D eigenvalue weighted by atomic mass is 9.94. The van der Waals surface area contributed by atoms with E-state index in [1.165, 1.54) is 0 Å². The molecule has 1 atom stereocenters. The summed E-state index contributed by atoms with van der Waals surface area (Å²) in [6.07, 6.45) is 4.33. The Bertz CT molecular complexity index is 434. The maximum atomic E-state index is 12.7. The number of nitrogens with zero attached hydrogens (tertiary/aromatic N) is 1. The standard InChI is InChI=1S/C13H22FNO4S/c14-20(17,18)10-6-12-3-1-2-7-15(12)13(16)11-4-8-19-9-5-11/h11-12H,1-10H2. The van der Waals surface area contributed by atoms with Crippen LogP contribution < -0.4 is 0 Å². The fraction of sp³-hybridized carbons (Fsp3) is 0.923. The molecule has 0 aliphatic carbocycles. The Morgan fingerprint density at radius 3 is 2.55 bits per heavy atom. The van der Waals surface area contributed by atoms with E-state index in [1.807, 2.05) is 0 Å². The summed E-state index contributed by atoms with van der Waals surface area (Å²) < 4.78 is 39.3. The van der Waals surface area contributed by atoms with Crippen LogP contribution in [0.5, 0.6) is 0 Å². The predicted molar refractivity (Wildman–Crippen MR) is 72.4 cm³/mol. The highest BCUT2D eigenvalue weighted by molar-refractivity contribution is 7.86. The number of piperidine rings is 1. The van der Waals surface area contributed by atoms with Gasteiger partial charge in [-0.2, -0.15) is 8.42 Å². The molecule has 2 rings (SSSR count). The van der Waals surface area contributed by atoms with Crippen LogP contribution in [0, 0.1) is 5.92 Å². The first kappa shape index (κ1) is 15.7. The summed E-state index contributed by atoms with van der Waals surface area (Å²) in [5.41, 5.74) is 0. The van der Waals surface area contributed by atoms with Crippen LogP contribution >= 0.6 is 0 Å². The number of ether oxygens (including phenoxy) is 1. The molecule has 0 aromatic heterocycles. The van der Waals surface area contributed by atoms with Gasteiger partial charge in [-0.05, 0) is 38.5 Å². The quantitative estimate of drug-likeness (QED) is 0.738. The maximum absolute atomic E-state index is 12.7. The summed E-state index contributed by atoms with van der Waals surface area (Å²) in [5, 5.41) is 0. The summed E-state index contributed by atoms with van der Waals surface area (Å²) in [6, 6.07) is -0.135. The van der Waals surface area contributed by atoms with E-state index in [1.54, 1.807) is 4.90 Å². The minimum Gasteiger partial charge on any atom is -0.381 e. The molecular weight excluding hydrogens is 285 g/mol. The van der Waals surface area contributed by atoms with Gasteiger partial charge in [-0.1, -0.05) is 0 Å². The molecule has 5 nitrogen and oxygen atoms in total. The Hall–Kier alpha value is -0.690. The van der Waals surface area contributed by atoms with Crippen LogP contribution in [0.4, 0.5) is 3.89 Å². The zero-order valence-corrected chi connectivity index (χ0v) is 12.4. The fourth-order valence-electron chi connectivity index (χ4n) is 3.05. The molecule has 2 fully saturated rings. The van der Waals surface area contributed by atoms with Crippen molar-refractivity contribution in [2.24, 2.45) is 5.92 Å². The fourth-order valence-corrected chi connectivity index (χ4v) is 3.60. The van der Waals surface area contributed by atoms with Crippen LogP contribution in [0.25, 0.3) is 0 Å². The van der Waals surface area contributed by atoms with Gasteiger partial charge in [0.05, 0.1) is 5.75 Å². The molecule has 0 aromatic carbocycles. The second kappa shape index (κ2) is 6.85. The average Bonchev–Trinajstić information content (AvgIpc) is 2.45. The molecular formula is C13H22FNO4S. The van der Waals surface area contributed by atoms with Gasteiger partial charge in [0.2, 0.25) is 5.91 Å². The van der Waals surface area contributed by atoms with Gasteiger partial charge in [0, 0.05) is 31.7 Å². The predicted octanol–water partition coefficient (Wildman–Crippen LogP) is 1.48. The lowest BCUT2D eigenvalue weighted by molar-refractivity contribution is -0.142. The van der Waals surface area contributed by atoms with E-state index in [4.69, 9.17) is 4.74 Å². The Morgan fingerprint density at radius 2 is 1.90 bits per heavy atom. The minimum atomic E-state index is -4.46. The van der Waals surface area contributed by atoms with Crippen molar-refractivity contribution in [3.63, 3.8) is 0 Å². The SMILES string of the molecule is O=C(C1CCOCC1)N1CCCCC1CCS(=O)(=O)F. The third kappa shape index (κ3) is 4.41. The largest absolute Gasteiger partial charge is 0.381 e. The number of carbonyl (C=O) groups is 1. The van der Waals surface area contributed by atoms with Crippen molar-refractivity contribution in [1.29, 1.82) is 0 Å². The molecule has 116 valence electrons. The summed E-state index contributed by atoms with van der Waals surface area (Å²) in [7, 11) is -4.46. The Morgan fingerprint density at radius 1 is 1.20 bits per heavy atom. The third-order valence-electron chi connectivity index (χ3n) is 4.18. The highest BCUT2D eigenvalue weighted by Crippen LogP contribution is 2.25. The minimum absolute atomic E-state index is 0.0219. The summed E-state index contributed by atoms with van der Waals surface area (Å²) >= 11 is 0. The van der Waals surface area contributed by atoms with Crippen LogP contribution in [0.2, 0.25) is 0 Å². The van der Waals surface area contributed by atoms with E-state index >= 15 is 0 Å². The van der Waals surface area contributed by atoms with E-state index < -0.39 is 16.0 Å². The van der Waals surface area contributed by atoms with Gasteiger partial charge in [-0.3, -0.25) is 4.79 Å². The van der Waals surface area contributed by atoms with Crippen molar-refractivity contribution in [2.45, 2.75) is 44.6 Å². The molecule has 2 heterocycles. The van der Waals surface area contributed by atoms with E-state index in [-0.39, 0.29) is 24.3 Å². The molecule has 0 radical (unpaired) electrons. The Labute approximate surface area is 119 Å². The van der Waals surface area contributed by atoms with Crippen LogP contribution in [0.3, 0.4) is 0 Å². The summed E-state index contributed by atoms with van der Waals surface area (Å²) in [5.74, 6) is -0.421. The van der Waals surface area contributed by atoms with Crippen LogP contribution in [0.1, 0.15) is 38.5 Å². The number of hydrogen-bond acceptors (Lipinski definition) is 4. The first-order valence-electron chi connectivity index (χ1n) is 7.28. The van der Waals surface area contributed by atoms with Crippen molar-refractivity contribution < 1.29 is 21.8 Å². The number of amides is 1. The van der Waals surface area contributed by atoms with Gasteiger partial charge in [0.1, 0.15) is 0 Å². The topological polar surface area (TPSA) is 63.7 Å². The highest BCUT2D eigenvalue weighted by Gasteiger charge is 2.32. The zero-order chi connectivity index (χ0) is 14.6. The van der Waals surface area contributed by atoms with E-state index in [9.17, 15) is 17.1 Å². The number of rotatable bonds is 4. The van der Waals surface area contributed by atoms with Crippen molar-refractivity contribution in [2.75, 3.05) is 25.5 Å². The molecule has 7 heteroatoms. The summed E-state index contributed by atoms with van der Waals surface area (Å²) in [6.45, 7) is 1.87. The van der Waals surface area contributed by atoms with E-state index in [2.05, 4.69) is 0 Å². The molecule has 20 heavy (non-hydrogen) atoms. The molecule has 0 N–H and O–H groups in total. The Balaban J connectivity index is 1.96. The number of carbonyl (C=O) groups excluding carboxylic acids is 1. The molecule has 0 spiro atoms. The Kier molecular flexibility index (Phi) is 5.37. The third-order valence-corrected chi connectivity index (χ3v) is 4.90. The van der Waals surface area contributed by atoms with Crippen LogP contribution in [-0.4, -0.2) is 50.8 Å². The van der Waals surface area contributed by atoms with E-state index in [0.29, 0.717) is 19.8 Å². The number of halogens is 1. The summed E-state index contributed by atoms with van der Waals surface area (Å²) in [4.78, 5) is 14.3. The smallest absolute Gasteiger partial charge is 0.302 e. The average molecular weight is 307 g/mol. The zero-order valence-electron chi connectivity index (χ0n) is 11.6. The lowest BCUT2D eigenvalue weighted by Gasteiger charge is -2.38. The molecule has 1 amide bonds. The van der Waals surface area contributed by atoms with Gasteiger partial charge < -0.3 is 9.64 Å². The van der Waals surface area contributed by atoms with Gasteiger partial charge >= 0.3 is 10.2 Å². The molecule has 0 saturated carbocycles. The molecule has 0 bridgehead atoms. The highest BCUT2D eigenvalue weighted by atomic mass is 32.3. The first-order valence-corrected chi connectivity index (χ1v) is 8.83. The molecule has 2 saturated heterocycles. The maximum Gasteiger partial charge on any atom is 0.302 e. The van der Waals surface area contributed by atoms with Crippen molar-refractivity contribution in [1.82, 2.24) is 4.90 Å². The molecule has 0 aromatic rings. The monoisotopic (exact) mass is 307 g/mol. The van der Waals surface area contributed by atoms with E-state index in [0.717, 1.165) is 32.1 Å². The molecule has 1 unspecified atom stereocenters. The van der Waals surface area contributed by atoms with Crippen LogP contribution in [0.15, 0.2) is 0 Å². The second-order valence-corrected chi connectivity index (χ2v) is 7.09. The molecule has 2 aliphatic rings. The van der Waals surface area contributed by atoms with Gasteiger partial charge in [-0.25, -0.2) is 0 Å². The normalized spacial score (nSPS) is 25.6. The van der Waals surface area contributed by atoms with Crippen molar-refractivity contribution >= 4 is 16.1 Å². The van der Waals surface area contributed by atoms with Crippen molar-refractivity contribution in [3.05, 3.63) is 0 Å². The lowest BCUT2D eigenvalue weighted by Crippen LogP contribution is -2.47. The van der Waals surface area contributed by atoms with Gasteiger partial charge in [0.15, 0.2) is 0 Å². The number of hydrogen-bond donors (Lipinski definition) is 0. The van der Waals surface area contributed by atoms with Gasteiger partial charge in [-0.15, -0.1) is 3.89 Å². The molecule has 2 aliphatic heterocycles. The first-order chi connectivity index (χ1) is 9.47. The van der Waals surface area contributed by atoms with Crippen molar-refractivity contribution in [3.8, 4) is 0 Å². The second-order valence-electron chi connectivity index (χ2n) is 5.60. The number of likely N-dealkylation sites (tertiary alicyclic amines) is 1.